The molecule has 3 heterocycles. The topological polar surface area (TPSA) is 66.9 Å². The highest BCUT2D eigenvalue weighted by molar-refractivity contribution is 7.12. The molecular formula is C19H18N2O4S. The van der Waals surface area contributed by atoms with Crippen LogP contribution in [0.3, 0.4) is 0 Å². The number of fused-ring (bicyclic) bond motifs is 1. The zero-order valence-electron chi connectivity index (χ0n) is 14.1. The first-order valence-corrected chi connectivity index (χ1v) is 9.42. The molecule has 1 aromatic carbocycles. The maximum absolute atomic E-state index is 12.8. The summed E-state index contributed by atoms with van der Waals surface area (Å²) in [6, 6.07) is 10.9. The molecule has 0 unspecified atom stereocenters. The summed E-state index contributed by atoms with van der Waals surface area (Å²) in [5.74, 6) is -0.627. The molecule has 0 bridgehead atoms. The number of amides is 2. The van der Waals surface area contributed by atoms with Crippen molar-refractivity contribution in [3.8, 4) is 0 Å². The van der Waals surface area contributed by atoms with Crippen LogP contribution < -0.4 is 0 Å². The lowest BCUT2D eigenvalue weighted by Gasteiger charge is -2.36. The molecule has 0 N–H and O–H groups in total. The highest BCUT2D eigenvalue weighted by Gasteiger charge is 2.35. The van der Waals surface area contributed by atoms with E-state index in [1.807, 2.05) is 29.6 Å². The number of carbonyl (C=O) groups excluding carboxylic acids is 3. The van der Waals surface area contributed by atoms with Crippen molar-refractivity contribution in [3.05, 3.63) is 57.8 Å². The van der Waals surface area contributed by atoms with Gasteiger partial charge in [0.1, 0.15) is 0 Å². The third-order valence-corrected chi connectivity index (χ3v) is 5.64. The number of esters is 1. The van der Waals surface area contributed by atoms with Gasteiger partial charge in [0.25, 0.3) is 11.8 Å². The standard InChI is InChI=1S/C19H18N2O4S/c22-17(15-12-13-4-1-2-5-14(13)19(24)25-15)20-7-9-21(10-8-20)18(23)16-6-3-11-26-16/h1-6,11,15H,7-10,12H2/t15-/m1/s1. The summed E-state index contributed by atoms with van der Waals surface area (Å²) < 4.78 is 5.35. The van der Waals surface area contributed by atoms with Gasteiger partial charge in [-0.25, -0.2) is 4.79 Å². The highest BCUT2D eigenvalue weighted by Crippen LogP contribution is 2.22. The largest absolute Gasteiger partial charge is 0.448 e. The zero-order valence-corrected chi connectivity index (χ0v) is 14.9. The van der Waals surface area contributed by atoms with Gasteiger partial charge in [0, 0.05) is 32.6 Å². The second-order valence-corrected chi connectivity index (χ2v) is 7.30. The van der Waals surface area contributed by atoms with Crippen molar-refractivity contribution in [1.82, 2.24) is 9.80 Å². The van der Waals surface area contributed by atoms with Crippen molar-refractivity contribution in [1.29, 1.82) is 0 Å². The van der Waals surface area contributed by atoms with E-state index in [9.17, 15) is 14.4 Å². The van der Waals surface area contributed by atoms with Gasteiger partial charge in [-0.15, -0.1) is 11.3 Å². The predicted molar refractivity (Wildman–Crippen MR) is 96.2 cm³/mol. The van der Waals surface area contributed by atoms with Gasteiger partial charge in [-0.2, -0.15) is 0 Å². The lowest BCUT2D eigenvalue weighted by atomic mass is 9.98. The van der Waals surface area contributed by atoms with Crippen molar-refractivity contribution in [2.75, 3.05) is 26.2 Å². The van der Waals surface area contributed by atoms with E-state index < -0.39 is 12.1 Å². The summed E-state index contributed by atoms with van der Waals surface area (Å²) in [4.78, 5) is 41.4. The normalized spacial score (nSPS) is 19.7. The third-order valence-electron chi connectivity index (χ3n) is 4.78. The van der Waals surface area contributed by atoms with Crippen LogP contribution in [0.15, 0.2) is 41.8 Å². The van der Waals surface area contributed by atoms with Crippen LogP contribution in [0.5, 0.6) is 0 Å². The molecule has 1 aromatic heterocycles. The fourth-order valence-corrected chi connectivity index (χ4v) is 4.05. The second kappa shape index (κ2) is 6.92. The Morgan fingerprint density at radius 1 is 1.00 bits per heavy atom. The molecule has 0 radical (unpaired) electrons. The van der Waals surface area contributed by atoms with Crippen LogP contribution in [0.4, 0.5) is 0 Å². The molecule has 2 aliphatic rings. The van der Waals surface area contributed by atoms with Crippen molar-refractivity contribution in [2.24, 2.45) is 0 Å². The van der Waals surface area contributed by atoms with E-state index in [1.54, 1.807) is 21.9 Å². The van der Waals surface area contributed by atoms with Crippen molar-refractivity contribution in [2.45, 2.75) is 12.5 Å². The molecule has 2 aromatic rings. The smallest absolute Gasteiger partial charge is 0.339 e. The number of carbonyl (C=O) groups is 3. The Morgan fingerprint density at radius 3 is 2.46 bits per heavy atom. The Morgan fingerprint density at radius 2 is 1.73 bits per heavy atom. The number of ether oxygens (including phenoxy) is 1. The summed E-state index contributed by atoms with van der Waals surface area (Å²) in [6.07, 6.45) is -0.383. The number of hydrogen-bond donors (Lipinski definition) is 0. The summed E-state index contributed by atoms with van der Waals surface area (Å²) in [6.45, 7) is 1.87. The molecule has 2 amide bonds. The van der Waals surface area contributed by atoms with E-state index in [1.165, 1.54) is 11.3 Å². The van der Waals surface area contributed by atoms with Crippen molar-refractivity contribution in [3.63, 3.8) is 0 Å². The van der Waals surface area contributed by atoms with Crippen LogP contribution >= 0.6 is 11.3 Å². The molecule has 2 aliphatic heterocycles. The van der Waals surface area contributed by atoms with Gasteiger partial charge in [0.15, 0.2) is 6.10 Å². The van der Waals surface area contributed by atoms with Crippen LogP contribution in [0, 0.1) is 0 Å². The first-order valence-electron chi connectivity index (χ1n) is 8.54. The highest BCUT2D eigenvalue weighted by atomic mass is 32.1. The SMILES string of the molecule is O=C1O[C@@H](C(=O)N2CCN(C(=O)c3cccs3)CC2)Cc2ccccc21. The molecule has 134 valence electrons. The van der Waals surface area contributed by atoms with Crippen LogP contribution in [0.25, 0.3) is 0 Å². The van der Waals surface area contributed by atoms with Gasteiger partial charge < -0.3 is 14.5 Å². The minimum absolute atomic E-state index is 0.00474. The van der Waals surface area contributed by atoms with E-state index in [4.69, 9.17) is 4.74 Å². The van der Waals surface area contributed by atoms with Gasteiger partial charge in [0.2, 0.25) is 0 Å². The number of benzene rings is 1. The first kappa shape index (κ1) is 16.8. The number of hydrogen-bond acceptors (Lipinski definition) is 5. The van der Waals surface area contributed by atoms with Gasteiger partial charge in [-0.05, 0) is 23.1 Å². The number of piperazine rings is 1. The molecule has 0 aliphatic carbocycles. The van der Waals surface area contributed by atoms with Crippen molar-refractivity contribution >= 4 is 29.1 Å². The van der Waals surface area contributed by atoms with E-state index in [0.717, 1.165) is 5.56 Å². The average Bonchev–Trinajstić information content (AvgIpc) is 3.22. The molecule has 1 fully saturated rings. The minimum Gasteiger partial charge on any atom is -0.448 e. The second-order valence-electron chi connectivity index (χ2n) is 6.35. The van der Waals surface area contributed by atoms with E-state index in [0.29, 0.717) is 43.0 Å². The summed E-state index contributed by atoms with van der Waals surface area (Å²) in [7, 11) is 0. The quantitative estimate of drug-likeness (QED) is 0.757. The Balaban J connectivity index is 1.38. The minimum atomic E-state index is -0.781. The maximum Gasteiger partial charge on any atom is 0.339 e. The number of nitrogens with zero attached hydrogens (tertiary/aromatic N) is 2. The van der Waals surface area contributed by atoms with Gasteiger partial charge in [-0.3, -0.25) is 9.59 Å². The van der Waals surface area contributed by atoms with Gasteiger partial charge in [-0.1, -0.05) is 24.3 Å². The van der Waals surface area contributed by atoms with Gasteiger partial charge >= 0.3 is 5.97 Å². The van der Waals surface area contributed by atoms with E-state index >= 15 is 0 Å². The zero-order chi connectivity index (χ0) is 18.1. The molecular weight excluding hydrogens is 352 g/mol. The molecule has 0 spiro atoms. The fraction of sp³-hybridized carbons (Fsp3) is 0.316. The predicted octanol–water partition coefficient (Wildman–Crippen LogP) is 1.81. The Hall–Kier alpha value is -2.67. The van der Waals surface area contributed by atoms with Crippen LogP contribution in [-0.2, 0) is 16.0 Å². The van der Waals surface area contributed by atoms with E-state index in [-0.39, 0.29) is 11.8 Å². The molecule has 0 saturated carbocycles. The molecule has 1 saturated heterocycles. The summed E-state index contributed by atoms with van der Waals surface area (Å²) in [5.41, 5.74) is 1.37. The Bertz CT molecular complexity index is 841. The molecule has 4 rings (SSSR count). The first-order chi connectivity index (χ1) is 12.6. The lowest BCUT2D eigenvalue weighted by molar-refractivity contribution is -0.142. The molecule has 7 heteroatoms. The van der Waals surface area contributed by atoms with Crippen LogP contribution in [0.2, 0.25) is 0 Å². The monoisotopic (exact) mass is 370 g/mol. The number of thiophene rings is 1. The van der Waals surface area contributed by atoms with E-state index in [2.05, 4.69) is 0 Å². The average molecular weight is 370 g/mol. The van der Waals surface area contributed by atoms with Crippen LogP contribution in [0.1, 0.15) is 25.6 Å². The molecule has 6 nitrogen and oxygen atoms in total. The Kier molecular flexibility index (Phi) is 4.46. The summed E-state index contributed by atoms with van der Waals surface area (Å²) >= 11 is 1.42. The summed E-state index contributed by atoms with van der Waals surface area (Å²) in [5, 5.41) is 1.88. The maximum atomic E-state index is 12.8. The number of cyclic esters (lactones) is 1. The molecule has 1 atom stereocenters. The fourth-order valence-electron chi connectivity index (χ4n) is 3.36. The van der Waals surface area contributed by atoms with Gasteiger partial charge in [0.05, 0.1) is 10.4 Å². The Labute approximate surface area is 155 Å². The number of rotatable bonds is 2. The molecule has 26 heavy (non-hydrogen) atoms. The van der Waals surface area contributed by atoms with Crippen LogP contribution in [-0.4, -0.2) is 59.9 Å². The third kappa shape index (κ3) is 3.10. The van der Waals surface area contributed by atoms with Crippen molar-refractivity contribution < 1.29 is 19.1 Å². The lowest BCUT2D eigenvalue weighted by Crippen LogP contribution is -2.54.